The minimum atomic E-state index is -1.26. The SMILES string of the molecule is CN(CC(=O)N1CCCC1)C(=O)c1nc[nH]c1C(=O)O. The molecule has 1 aliphatic heterocycles. The summed E-state index contributed by atoms with van der Waals surface area (Å²) in [5, 5.41) is 8.92. The van der Waals surface area contributed by atoms with E-state index in [1.807, 2.05) is 0 Å². The molecular formula is C12H16N4O4. The summed E-state index contributed by atoms with van der Waals surface area (Å²) in [4.78, 5) is 43.9. The molecule has 8 nitrogen and oxygen atoms in total. The molecule has 1 aliphatic rings. The molecule has 2 N–H and O–H groups in total. The molecule has 20 heavy (non-hydrogen) atoms. The molecule has 2 rings (SSSR count). The first-order valence-corrected chi connectivity index (χ1v) is 6.30. The summed E-state index contributed by atoms with van der Waals surface area (Å²) in [6.07, 6.45) is 3.10. The van der Waals surface area contributed by atoms with Crippen LogP contribution in [0.1, 0.15) is 33.8 Å². The van der Waals surface area contributed by atoms with Crippen molar-refractivity contribution in [1.82, 2.24) is 19.8 Å². The second-order valence-corrected chi connectivity index (χ2v) is 4.68. The second kappa shape index (κ2) is 5.72. The van der Waals surface area contributed by atoms with Gasteiger partial charge in [-0.05, 0) is 12.8 Å². The lowest BCUT2D eigenvalue weighted by Crippen LogP contribution is -2.40. The molecule has 8 heteroatoms. The van der Waals surface area contributed by atoms with Gasteiger partial charge in [-0.2, -0.15) is 0 Å². The Morgan fingerprint density at radius 3 is 2.65 bits per heavy atom. The Labute approximate surface area is 115 Å². The van der Waals surface area contributed by atoms with E-state index < -0.39 is 11.9 Å². The minimum Gasteiger partial charge on any atom is -0.477 e. The van der Waals surface area contributed by atoms with E-state index in [4.69, 9.17) is 5.11 Å². The summed E-state index contributed by atoms with van der Waals surface area (Å²) in [5.41, 5.74) is -0.454. The number of imidazole rings is 1. The van der Waals surface area contributed by atoms with Crippen LogP contribution in [0.2, 0.25) is 0 Å². The van der Waals surface area contributed by atoms with Gasteiger partial charge in [-0.15, -0.1) is 0 Å². The monoisotopic (exact) mass is 280 g/mol. The topological polar surface area (TPSA) is 107 Å². The zero-order valence-corrected chi connectivity index (χ0v) is 11.1. The third kappa shape index (κ3) is 2.79. The maximum Gasteiger partial charge on any atom is 0.354 e. The lowest BCUT2D eigenvalue weighted by atomic mass is 10.3. The normalized spacial score (nSPS) is 14.3. The lowest BCUT2D eigenvalue weighted by Gasteiger charge is -2.20. The van der Waals surface area contributed by atoms with E-state index in [9.17, 15) is 14.4 Å². The molecule has 0 bridgehead atoms. The molecule has 108 valence electrons. The Morgan fingerprint density at radius 1 is 1.40 bits per heavy atom. The zero-order chi connectivity index (χ0) is 14.7. The number of carbonyl (C=O) groups is 3. The second-order valence-electron chi connectivity index (χ2n) is 4.68. The number of hydrogen-bond donors (Lipinski definition) is 2. The molecule has 0 aromatic carbocycles. The van der Waals surface area contributed by atoms with Crippen molar-refractivity contribution in [3.05, 3.63) is 17.7 Å². The first kappa shape index (κ1) is 14.0. The average molecular weight is 280 g/mol. The van der Waals surface area contributed by atoms with Crippen molar-refractivity contribution >= 4 is 17.8 Å². The zero-order valence-electron chi connectivity index (χ0n) is 11.1. The maximum absolute atomic E-state index is 12.1. The first-order valence-electron chi connectivity index (χ1n) is 6.30. The quantitative estimate of drug-likeness (QED) is 0.794. The molecule has 1 aromatic rings. The minimum absolute atomic E-state index is 0.0786. The highest BCUT2D eigenvalue weighted by Crippen LogP contribution is 2.10. The Balaban J connectivity index is 2.03. The molecule has 1 saturated heterocycles. The highest BCUT2D eigenvalue weighted by atomic mass is 16.4. The van der Waals surface area contributed by atoms with Crippen LogP contribution in [0.15, 0.2) is 6.33 Å². The number of likely N-dealkylation sites (tertiary alicyclic amines) is 1. The lowest BCUT2D eigenvalue weighted by molar-refractivity contribution is -0.130. The van der Waals surface area contributed by atoms with Gasteiger partial charge in [0.15, 0.2) is 11.4 Å². The molecule has 1 aromatic heterocycles. The van der Waals surface area contributed by atoms with Gasteiger partial charge in [-0.3, -0.25) is 9.59 Å². The molecule has 2 amide bonds. The van der Waals surface area contributed by atoms with Crippen molar-refractivity contribution < 1.29 is 19.5 Å². The van der Waals surface area contributed by atoms with E-state index >= 15 is 0 Å². The van der Waals surface area contributed by atoms with Gasteiger partial charge in [0.05, 0.1) is 12.9 Å². The van der Waals surface area contributed by atoms with Crippen LogP contribution in [0.5, 0.6) is 0 Å². The number of carbonyl (C=O) groups excluding carboxylic acids is 2. The molecule has 0 saturated carbocycles. The molecular weight excluding hydrogens is 264 g/mol. The Morgan fingerprint density at radius 2 is 2.05 bits per heavy atom. The number of amides is 2. The number of H-pyrrole nitrogens is 1. The number of likely N-dealkylation sites (N-methyl/N-ethyl adjacent to an activating group) is 1. The van der Waals surface area contributed by atoms with Crippen molar-refractivity contribution in [2.75, 3.05) is 26.7 Å². The Bertz CT molecular complexity index is 533. The fraction of sp³-hybridized carbons (Fsp3) is 0.500. The molecule has 0 spiro atoms. The molecule has 2 heterocycles. The van der Waals surface area contributed by atoms with Gasteiger partial charge in [-0.25, -0.2) is 9.78 Å². The number of carboxylic acids is 1. The fourth-order valence-corrected chi connectivity index (χ4v) is 2.14. The summed E-state index contributed by atoms with van der Waals surface area (Å²) < 4.78 is 0. The van der Waals surface area contributed by atoms with Crippen LogP contribution >= 0.6 is 0 Å². The van der Waals surface area contributed by atoms with Crippen LogP contribution in [0.3, 0.4) is 0 Å². The molecule has 1 fully saturated rings. The summed E-state index contributed by atoms with van der Waals surface area (Å²) in [7, 11) is 1.45. The smallest absolute Gasteiger partial charge is 0.354 e. The van der Waals surface area contributed by atoms with Crippen LogP contribution in [-0.2, 0) is 4.79 Å². The first-order chi connectivity index (χ1) is 9.50. The molecule has 0 unspecified atom stereocenters. The number of nitrogens with one attached hydrogen (secondary N) is 1. The van der Waals surface area contributed by atoms with Gasteiger partial charge in [0.25, 0.3) is 5.91 Å². The van der Waals surface area contributed by atoms with Crippen LogP contribution < -0.4 is 0 Å². The highest BCUT2D eigenvalue weighted by Gasteiger charge is 2.26. The van der Waals surface area contributed by atoms with Gasteiger partial charge in [0.1, 0.15) is 0 Å². The summed E-state index contributed by atoms with van der Waals surface area (Å²) in [6, 6.07) is 0. The number of carboxylic acid groups (broad SMARTS) is 1. The van der Waals surface area contributed by atoms with E-state index in [-0.39, 0.29) is 23.8 Å². The fourth-order valence-electron chi connectivity index (χ4n) is 2.14. The van der Waals surface area contributed by atoms with E-state index in [1.165, 1.54) is 11.9 Å². The van der Waals surface area contributed by atoms with Gasteiger partial charge in [-0.1, -0.05) is 0 Å². The highest BCUT2D eigenvalue weighted by molar-refractivity contribution is 6.03. The van der Waals surface area contributed by atoms with E-state index in [0.29, 0.717) is 13.1 Å². The molecule has 0 radical (unpaired) electrons. The summed E-state index contributed by atoms with van der Waals surface area (Å²) in [6.45, 7) is 1.35. The number of rotatable bonds is 4. The van der Waals surface area contributed by atoms with Gasteiger partial charge in [0.2, 0.25) is 5.91 Å². The average Bonchev–Trinajstić information content (AvgIpc) is 3.08. The van der Waals surface area contributed by atoms with Crippen molar-refractivity contribution in [3.63, 3.8) is 0 Å². The third-order valence-corrected chi connectivity index (χ3v) is 3.23. The van der Waals surface area contributed by atoms with Crippen LogP contribution in [0.4, 0.5) is 0 Å². The summed E-state index contributed by atoms with van der Waals surface area (Å²) in [5.74, 6) is -1.98. The van der Waals surface area contributed by atoms with Crippen molar-refractivity contribution in [1.29, 1.82) is 0 Å². The maximum atomic E-state index is 12.1. The van der Waals surface area contributed by atoms with Crippen LogP contribution in [0, 0.1) is 0 Å². The predicted molar refractivity (Wildman–Crippen MR) is 68.3 cm³/mol. The van der Waals surface area contributed by atoms with Crippen molar-refractivity contribution in [2.45, 2.75) is 12.8 Å². The van der Waals surface area contributed by atoms with Gasteiger partial charge in [0, 0.05) is 20.1 Å². The standard InChI is InChI=1S/C12H16N4O4/c1-15(6-8(17)16-4-2-3-5-16)11(18)9-10(12(19)20)14-7-13-9/h7H,2-6H2,1H3,(H,13,14)(H,19,20). The van der Waals surface area contributed by atoms with Gasteiger partial charge >= 0.3 is 5.97 Å². The van der Waals surface area contributed by atoms with Crippen molar-refractivity contribution in [2.24, 2.45) is 0 Å². The number of hydrogen-bond acceptors (Lipinski definition) is 4. The van der Waals surface area contributed by atoms with E-state index in [1.54, 1.807) is 4.90 Å². The molecule has 0 aliphatic carbocycles. The predicted octanol–water partition coefficient (Wildman–Crippen LogP) is -0.198. The molecule has 0 atom stereocenters. The summed E-state index contributed by atoms with van der Waals surface area (Å²) >= 11 is 0. The number of nitrogens with zero attached hydrogens (tertiary/aromatic N) is 3. The van der Waals surface area contributed by atoms with E-state index in [2.05, 4.69) is 9.97 Å². The van der Waals surface area contributed by atoms with Gasteiger partial charge < -0.3 is 19.9 Å². The third-order valence-electron chi connectivity index (χ3n) is 3.23. The Hall–Kier alpha value is -2.38. The van der Waals surface area contributed by atoms with Crippen LogP contribution in [0.25, 0.3) is 0 Å². The van der Waals surface area contributed by atoms with E-state index in [0.717, 1.165) is 19.2 Å². The van der Waals surface area contributed by atoms with Crippen molar-refractivity contribution in [3.8, 4) is 0 Å². The number of aromatic amines is 1. The largest absolute Gasteiger partial charge is 0.477 e. The Kier molecular flexibility index (Phi) is 4.02. The number of aromatic nitrogens is 2. The number of aromatic carboxylic acids is 1. The van der Waals surface area contributed by atoms with Crippen LogP contribution in [-0.4, -0.2) is 69.3 Å².